The summed E-state index contributed by atoms with van der Waals surface area (Å²) in [5, 5.41) is 0.876. The Morgan fingerprint density at radius 3 is 2.58 bits per heavy atom. The van der Waals surface area contributed by atoms with Gasteiger partial charge in [-0.05, 0) is 55.9 Å². The van der Waals surface area contributed by atoms with E-state index in [1.165, 1.54) is 42.8 Å². The summed E-state index contributed by atoms with van der Waals surface area (Å²) in [7, 11) is 0. The third-order valence-electron chi connectivity index (χ3n) is 4.56. The predicted octanol–water partition coefficient (Wildman–Crippen LogP) is 3.12. The first-order chi connectivity index (χ1) is 11.5. The summed E-state index contributed by atoms with van der Waals surface area (Å²) in [6, 6.07) is 6.54. The van der Waals surface area contributed by atoms with E-state index in [2.05, 4.69) is 22.1 Å². The number of benzene rings is 1. The second-order valence-electron chi connectivity index (χ2n) is 6.23. The second-order valence-corrected chi connectivity index (χ2v) is 6.67. The molecule has 1 saturated heterocycles. The standard InChI is InChI=1S/C9H9Cl.C9H12N4O/c10-9-5-4-7-2-1-3-8(7)6-9;1-6-2-3-13(6)8(14)7-4-11-9(10)12-5-7/h4-6H,1-3H2;4-6H,2-3H2,1H3,(H2,10,11,12). The van der Waals surface area contributed by atoms with Gasteiger partial charge in [-0.25, -0.2) is 9.97 Å². The molecule has 2 heterocycles. The van der Waals surface area contributed by atoms with Gasteiger partial charge in [-0.3, -0.25) is 4.79 Å². The maximum Gasteiger partial charge on any atom is 0.257 e. The minimum absolute atomic E-state index is 0.0104. The molecule has 0 spiro atoms. The van der Waals surface area contributed by atoms with Crippen LogP contribution in [0.4, 0.5) is 5.95 Å². The van der Waals surface area contributed by atoms with Crippen molar-refractivity contribution in [2.24, 2.45) is 0 Å². The average molecular weight is 345 g/mol. The minimum atomic E-state index is -0.0104. The van der Waals surface area contributed by atoms with Gasteiger partial charge in [0.15, 0.2) is 0 Å². The number of fused-ring (bicyclic) bond motifs is 1. The highest BCUT2D eigenvalue weighted by Crippen LogP contribution is 2.24. The molecule has 2 aliphatic rings. The van der Waals surface area contributed by atoms with Gasteiger partial charge in [0.2, 0.25) is 5.95 Å². The molecule has 126 valence electrons. The fourth-order valence-corrected chi connectivity index (χ4v) is 3.17. The molecule has 5 nitrogen and oxygen atoms in total. The Bertz CT molecular complexity index is 732. The molecule has 4 rings (SSSR count). The van der Waals surface area contributed by atoms with Crippen molar-refractivity contribution in [1.29, 1.82) is 0 Å². The first-order valence-corrected chi connectivity index (χ1v) is 8.58. The van der Waals surface area contributed by atoms with Gasteiger partial charge in [0, 0.05) is 30.0 Å². The lowest BCUT2D eigenvalue weighted by atomic mass is 10.0. The lowest BCUT2D eigenvalue weighted by Crippen LogP contribution is -2.49. The lowest BCUT2D eigenvalue weighted by Gasteiger charge is -2.38. The van der Waals surface area contributed by atoms with Crippen LogP contribution >= 0.6 is 11.6 Å². The number of amides is 1. The first kappa shape index (κ1) is 16.7. The van der Waals surface area contributed by atoms with Crippen LogP contribution in [-0.2, 0) is 12.8 Å². The molecule has 0 bridgehead atoms. The zero-order valence-corrected chi connectivity index (χ0v) is 14.5. The summed E-state index contributed by atoms with van der Waals surface area (Å²) in [5.74, 6) is 0.182. The number of rotatable bonds is 1. The molecule has 1 aliphatic carbocycles. The van der Waals surface area contributed by atoms with Crippen LogP contribution in [0.25, 0.3) is 0 Å². The third kappa shape index (κ3) is 3.67. The number of halogens is 1. The van der Waals surface area contributed by atoms with Gasteiger partial charge >= 0.3 is 0 Å². The number of carbonyl (C=O) groups excluding carboxylic acids is 1. The summed E-state index contributed by atoms with van der Waals surface area (Å²) in [6.45, 7) is 2.85. The third-order valence-corrected chi connectivity index (χ3v) is 4.80. The number of nitrogens with two attached hydrogens (primary N) is 1. The fourth-order valence-electron chi connectivity index (χ4n) is 2.97. The number of carbonyl (C=O) groups is 1. The van der Waals surface area contributed by atoms with E-state index in [1.807, 2.05) is 13.0 Å². The summed E-state index contributed by atoms with van der Waals surface area (Å²) < 4.78 is 0. The smallest absolute Gasteiger partial charge is 0.257 e. The van der Waals surface area contributed by atoms with Gasteiger partial charge < -0.3 is 10.6 Å². The normalized spacial score (nSPS) is 18.2. The number of nitrogen functional groups attached to an aromatic ring is 1. The van der Waals surface area contributed by atoms with Crippen LogP contribution in [0.1, 0.15) is 41.3 Å². The van der Waals surface area contributed by atoms with E-state index in [0.29, 0.717) is 11.6 Å². The molecule has 2 aromatic rings. The largest absolute Gasteiger partial charge is 0.368 e. The molecule has 2 N–H and O–H groups in total. The fraction of sp³-hybridized carbons (Fsp3) is 0.389. The quantitative estimate of drug-likeness (QED) is 0.862. The summed E-state index contributed by atoms with van der Waals surface area (Å²) in [5.41, 5.74) is 8.78. The van der Waals surface area contributed by atoms with Crippen LogP contribution in [0, 0.1) is 0 Å². The van der Waals surface area contributed by atoms with Gasteiger partial charge in [0.25, 0.3) is 5.91 Å². The van der Waals surface area contributed by atoms with Crippen LogP contribution in [0.15, 0.2) is 30.6 Å². The second kappa shape index (κ2) is 7.18. The number of hydrogen-bond donors (Lipinski definition) is 1. The van der Waals surface area contributed by atoms with Gasteiger partial charge in [-0.15, -0.1) is 0 Å². The lowest BCUT2D eigenvalue weighted by molar-refractivity contribution is 0.0501. The summed E-state index contributed by atoms with van der Waals surface area (Å²) in [4.78, 5) is 21.1. The van der Waals surface area contributed by atoms with Crippen LogP contribution in [0.5, 0.6) is 0 Å². The van der Waals surface area contributed by atoms with E-state index in [0.717, 1.165) is 18.0 Å². The SMILES string of the molecule is CC1CCN1C(=O)c1cnc(N)nc1.Clc1ccc2c(c1)CCC2. The molecule has 1 fully saturated rings. The van der Waals surface area contributed by atoms with E-state index < -0.39 is 0 Å². The van der Waals surface area contributed by atoms with Gasteiger partial charge in [0.05, 0.1) is 5.56 Å². The molecule has 24 heavy (non-hydrogen) atoms. The van der Waals surface area contributed by atoms with E-state index >= 15 is 0 Å². The Balaban J connectivity index is 0.000000149. The Morgan fingerprint density at radius 1 is 1.25 bits per heavy atom. The molecule has 6 heteroatoms. The maximum atomic E-state index is 11.8. The van der Waals surface area contributed by atoms with Crippen molar-refractivity contribution in [2.45, 2.75) is 38.6 Å². The zero-order valence-electron chi connectivity index (χ0n) is 13.7. The van der Waals surface area contributed by atoms with Gasteiger partial charge in [0.1, 0.15) is 0 Å². The molecule has 1 amide bonds. The van der Waals surface area contributed by atoms with Crippen molar-refractivity contribution >= 4 is 23.5 Å². The van der Waals surface area contributed by atoms with Crippen molar-refractivity contribution < 1.29 is 4.79 Å². The Hall–Kier alpha value is -2.14. The van der Waals surface area contributed by atoms with Crippen molar-refractivity contribution in [3.8, 4) is 0 Å². The first-order valence-electron chi connectivity index (χ1n) is 8.20. The van der Waals surface area contributed by atoms with Crippen molar-refractivity contribution in [3.63, 3.8) is 0 Å². The van der Waals surface area contributed by atoms with Crippen molar-refractivity contribution in [2.75, 3.05) is 12.3 Å². The number of aromatic nitrogens is 2. The van der Waals surface area contributed by atoms with Crippen LogP contribution in [-0.4, -0.2) is 33.4 Å². The summed E-state index contributed by atoms with van der Waals surface area (Å²) >= 11 is 5.82. The highest BCUT2D eigenvalue weighted by atomic mass is 35.5. The topological polar surface area (TPSA) is 72.1 Å². The van der Waals surface area contributed by atoms with E-state index in [9.17, 15) is 4.79 Å². The Kier molecular flexibility index (Phi) is 5.00. The van der Waals surface area contributed by atoms with Crippen LogP contribution in [0.2, 0.25) is 5.02 Å². The monoisotopic (exact) mass is 344 g/mol. The average Bonchev–Trinajstić information content (AvgIpc) is 3.02. The molecule has 1 atom stereocenters. The van der Waals surface area contributed by atoms with E-state index in [4.69, 9.17) is 17.3 Å². The Labute approximate surface area is 146 Å². The number of nitrogens with zero attached hydrogens (tertiary/aromatic N) is 3. The van der Waals surface area contributed by atoms with Gasteiger partial charge in [-0.2, -0.15) is 0 Å². The molecule has 1 aromatic carbocycles. The summed E-state index contributed by atoms with van der Waals surface area (Å²) in [6.07, 6.45) is 7.77. The van der Waals surface area contributed by atoms with E-state index in [1.54, 1.807) is 4.90 Å². The number of anilines is 1. The molecule has 0 radical (unpaired) electrons. The van der Waals surface area contributed by atoms with Crippen LogP contribution in [0.3, 0.4) is 0 Å². The molecule has 1 unspecified atom stereocenters. The van der Waals surface area contributed by atoms with E-state index in [-0.39, 0.29) is 11.9 Å². The highest BCUT2D eigenvalue weighted by molar-refractivity contribution is 6.30. The van der Waals surface area contributed by atoms with Gasteiger partial charge in [-0.1, -0.05) is 17.7 Å². The molecule has 1 aromatic heterocycles. The highest BCUT2D eigenvalue weighted by Gasteiger charge is 2.29. The number of hydrogen-bond acceptors (Lipinski definition) is 4. The number of likely N-dealkylation sites (tertiary alicyclic amines) is 1. The molecular formula is C18H21ClN4O. The van der Waals surface area contributed by atoms with Crippen LogP contribution < -0.4 is 5.73 Å². The minimum Gasteiger partial charge on any atom is -0.368 e. The zero-order chi connectivity index (χ0) is 17.1. The molecule has 1 aliphatic heterocycles. The molecule has 0 saturated carbocycles. The molecular weight excluding hydrogens is 324 g/mol. The number of aryl methyl sites for hydroxylation is 2. The van der Waals surface area contributed by atoms with Crippen molar-refractivity contribution in [3.05, 3.63) is 52.3 Å². The van der Waals surface area contributed by atoms with Crippen molar-refractivity contribution in [1.82, 2.24) is 14.9 Å². The maximum absolute atomic E-state index is 11.8. The Morgan fingerprint density at radius 2 is 1.96 bits per heavy atom. The predicted molar refractivity (Wildman–Crippen MR) is 95.0 cm³/mol.